The van der Waals surface area contributed by atoms with Crippen LogP contribution in [-0.2, 0) is 19.7 Å². The number of nitrogens with zero attached hydrogens (tertiary/aromatic N) is 3. The molecule has 164 valence electrons. The Balaban J connectivity index is 1.40. The minimum Gasteiger partial charge on any atom is -0.466 e. The first-order valence-electron chi connectivity index (χ1n) is 10.4. The zero-order chi connectivity index (χ0) is 21.3. The third kappa shape index (κ3) is 4.34. The van der Waals surface area contributed by atoms with E-state index in [2.05, 4.69) is 4.98 Å². The fourth-order valence-electron chi connectivity index (χ4n) is 4.19. The lowest BCUT2D eigenvalue weighted by Gasteiger charge is -2.37. The topological polar surface area (TPSA) is 93.0 Å². The number of oxazole rings is 1. The number of rotatable bonds is 5. The zero-order valence-electron chi connectivity index (χ0n) is 16.9. The number of carbonyl (C=O) groups excluding carboxylic acids is 1. The van der Waals surface area contributed by atoms with Gasteiger partial charge in [-0.3, -0.25) is 4.79 Å². The van der Waals surface area contributed by atoms with E-state index in [0.29, 0.717) is 73.9 Å². The van der Waals surface area contributed by atoms with Gasteiger partial charge >= 0.3 is 5.97 Å². The molecular weight excluding hydrogens is 430 g/mol. The first-order valence-corrected chi connectivity index (χ1v) is 12.1. The largest absolute Gasteiger partial charge is 0.466 e. The molecule has 2 aliphatic heterocycles. The smallest absolute Gasteiger partial charge is 0.310 e. The molecule has 4 rings (SSSR count). The van der Waals surface area contributed by atoms with Gasteiger partial charge in [-0.1, -0.05) is 11.6 Å². The van der Waals surface area contributed by atoms with Crippen LogP contribution in [0.15, 0.2) is 22.6 Å². The Morgan fingerprint density at radius 3 is 2.73 bits per heavy atom. The fraction of sp³-hybridized carbons (Fsp3) is 0.600. The van der Waals surface area contributed by atoms with Crippen molar-refractivity contribution in [2.75, 3.05) is 32.8 Å². The molecule has 0 unspecified atom stereocenters. The van der Waals surface area contributed by atoms with E-state index >= 15 is 0 Å². The Hall–Kier alpha value is -1.68. The zero-order valence-corrected chi connectivity index (χ0v) is 18.5. The Bertz CT molecular complexity index is 1020. The molecule has 2 fully saturated rings. The Morgan fingerprint density at radius 1 is 1.23 bits per heavy atom. The summed E-state index contributed by atoms with van der Waals surface area (Å²) in [5, 5.41) is 0.603. The van der Waals surface area contributed by atoms with Gasteiger partial charge in [0.2, 0.25) is 0 Å². The minimum absolute atomic E-state index is 0.0660. The summed E-state index contributed by atoms with van der Waals surface area (Å²) >= 11 is 6.02. The van der Waals surface area contributed by atoms with Crippen LogP contribution in [0.3, 0.4) is 0 Å². The maximum absolute atomic E-state index is 13.1. The van der Waals surface area contributed by atoms with Gasteiger partial charge in [-0.25, -0.2) is 4.98 Å². The van der Waals surface area contributed by atoms with Crippen LogP contribution >= 0.6 is 11.6 Å². The number of hydrogen-bond donors (Lipinski definition) is 0. The molecule has 10 heteroatoms. The van der Waals surface area contributed by atoms with Crippen molar-refractivity contribution in [1.29, 1.82) is 0 Å². The molecule has 30 heavy (non-hydrogen) atoms. The van der Waals surface area contributed by atoms with Gasteiger partial charge in [0.1, 0.15) is 5.52 Å². The molecule has 2 aromatic rings. The molecule has 0 spiro atoms. The van der Waals surface area contributed by atoms with Gasteiger partial charge in [-0.05, 0) is 50.8 Å². The molecule has 2 saturated heterocycles. The van der Waals surface area contributed by atoms with Gasteiger partial charge in [0.05, 0.1) is 12.5 Å². The predicted octanol–water partition coefficient (Wildman–Crippen LogP) is 3.18. The van der Waals surface area contributed by atoms with E-state index in [1.165, 1.54) is 8.61 Å². The summed E-state index contributed by atoms with van der Waals surface area (Å²) in [6.07, 6.45) is 2.59. The quantitative estimate of drug-likeness (QED) is 0.643. The first kappa shape index (κ1) is 21.5. The summed E-state index contributed by atoms with van der Waals surface area (Å²) in [7, 11) is -3.61. The summed E-state index contributed by atoms with van der Waals surface area (Å²) in [5.41, 5.74) is 1.40. The first-order chi connectivity index (χ1) is 14.4. The maximum Gasteiger partial charge on any atom is 0.310 e. The van der Waals surface area contributed by atoms with Gasteiger partial charge in [0, 0.05) is 37.1 Å². The number of esters is 1. The molecule has 0 aliphatic carbocycles. The van der Waals surface area contributed by atoms with Crippen LogP contribution in [0.25, 0.3) is 11.1 Å². The lowest BCUT2D eigenvalue weighted by Crippen LogP contribution is -2.51. The van der Waals surface area contributed by atoms with Crippen molar-refractivity contribution in [1.82, 2.24) is 13.6 Å². The monoisotopic (exact) mass is 455 g/mol. The van der Waals surface area contributed by atoms with Crippen LogP contribution in [0.5, 0.6) is 0 Å². The van der Waals surface area contributed by atoms with Crippen LogP contribution in [0.2, 0.25) is 5.02 Å². The molecule has 1 atom stereocenters. The van der Waals surface area contributed by atoms with Gasteiger partial charge < -0.3 is 9.15 Å². The molecule has 0 N–H and O–H groups in total. The van der Waals surface area contributed by atoms with Crippen LogP contribution in [0, 0.1) is 5.92 Å². The van der Waals surface area contributed by atoms with Crippen LogP contribution in [-0.4, -0.2) is 60.8 Å². The highest BCUT2D eigenvalue weighted by Crippen LogP contribution is 2.33. The summed E-state index contributed by atoms with van der Waals surface area (Å²) in [5.74, 6) is -0.00863. The van der Waals surface area contributed by atoms with E-state index in [9.17, 15) is 13.2 Å². The second-order valence-electron chi connectivity index (χ2n) is 7.79. The maximum atomic E-state index is 13.1. The van der Waals surface area contributed by atoms with E-state index < -0.39 is 16.1 Å². The highest BCUT2D eigenvalue weighted by atomic mass is 35.5. The summed E-state index contributed by atoms with van der Waals surface area (Å²) in [6.45, 7) is 3.47. The van der Waals surface area contributed by atoms with E-state index in [1.54, 1.807) is 25.1 Å². The normalized spacial score (nSPS) is 22.4. The third-order valence-electron chi connectivity index (χ3n) is 5.83. The molecular formula is C20H26ClN3O5S. The molecule has 8 nitrogen and oxygen atoms in total. The number of carbonyl (C=O) groups is 1. The molecule has 0 saturated carbocycles. The average Bonchev–Trinajstić information content (AvgIpc) is 3.17. The van der Waals surface area contributed by atoms with Gasteiger partial charge in [0.15, 0.2) is 11.5 Å². The Morgan fingerprint density at radius 2 is 2.00 bits per heavy atom. The number of benzene rings is 1. The summed E-state index contributed by atoms with van der Waals surface area (Å²) in [6, 6.07) is 5.32. The van der Waals surface area contributed by atoms with Crippen molar-refractivity contribution < 1.29 is 22.4 Å². The van der Waals surface area contributed by atoms with Crippen LogP contribution in [0.1, 0.15) is 44.4 Å². The molecule has 0 amide bonds. The Labute approximate surface area is 181 Å². The lowest BCUT2D eigenvalue weighted by atomic mass is 9.98. The third-order valence-corrected chi connectivity index (χ3v) is 8.06. The number of ether oxygens (including phenoxy) is 1. The number of aromatic nitrogens is 1. The van der Waals surface area contributed by atoms with Crippen molar-refractivity contribution in [3.05, 3.63) is 29.1 Å². The van der Waals surface area contributed by atoms with Gasteiger partial charge in [-0.15, -0.1) is 0 Å². The van der Waals surface area contributed by atoms with Crippen molar-refractivity contribution in [2.45, 2.75) is 38.5 Å². The van der Waals surface area contributed by atoms with Gasteiger partial charge in [0.25, 0.3) is 10.2 Å². The molecule has 1 aromatic carbocycles. The van der Waals surface area contributed by atoms with Crippen LogP contribution in [0.4, 0.5) is 0 Å². The molecule has 1 aromatic heterocycles. The second kappa shape index (κ2) is 8.82. The van der Waals surface area contributed by atoms with E-state index in [0.717, 1.165) is 0 Å². The highest BCUT2D eigenvalue weighted by molar-refractivity contribution is 7.86. The molecule has 2 aliphatic rings. The van der Waals surface area contributed by atoms with Crippen molar-refractivity contribution >= 4 is 38.9 Å². The Kier molecular flexibility index (Phi) is 6.34. The van der Waals surface area contributed by atoms with Crippen molar-refractivity contribution in [3.63, 3.8) is 0 Å². The number of fused-ring (bicyclic) bond motifs is 1. The summed E-state index contributed by atoms with van der Waals surface area (Å²) < 4.78 is 40.2. The van der Waals surface area contributed by atoms with Crippen LogP contribution < -0.4 is 0 Å². The summed E-state index contributed by atoms with van der Waals surface area (Å²) in [4.78, 5) is 16.6. The molecule has 0 bridgehead atoms. The second-order valence-corrected chi connectivity index (χ2v) is 10.2. The van der Waals surface area contributed by atoms with E-state index in [-0.39, 0.29) is 18.4 Å². The number of hydrogen-bond acceptors (Lipinski definition) is 6. The molecule has 3 heterocycles. The fourth-order valence-corrected chi connectivity index (χ4v) is 6.09. The van der Waals surface area contributed by atoms with Crippen molar-refractivity contribution in [2.24, 2.45) is 5.92 Å². The predicted molar refractivity (Wildman–Crippen MR) is 112 cm³/mol. The number of piperidine rings is 2. The average molecular weight is 456 g/mol. The lowest BCUT2D eigenvalue weighted by molar-refractivity contribution is -0.149. The molecule has 0 radical (unpaired) electrons. The van der Waals surface area contributed by atoms with E-state index in [1.807, 2.05) is 0 Å². The van der Waals surface area contributed by atoms with Gasteiger partial charge in [-0.2, -0.15) is 17.0 Å². The standard InChI is InChI=1S/C20H26ClN3O5S/c1-2-28-20(25)15-4-3-9-24(13-15)30(26,27)23-10-7-14(8-11-23)19-22-17-12-16(21)5-6-18(17)29-19/h5-6,12,14-15H,2-4,7-11,13H2,1H3/t15-/m0/s1. The number of halogens is 1. The SMILES string of the molecule is CCOC(=O)[C@H]1CCCN(S(=O)(=O)N2CCC(c3nc4cc(Cl)ccc4o3)CC2)C1. The van der Waals surface area contributed by atoms with E-state index in [4.69, 9.17) is 20.8 Å². The van der Waals surface area contributed by atoms with Crippen molar-refractivity contribution in [3.8, 4) is 0 Å². The highest BCUT2D eigenvalue weighted by Gasteiger charge is 2.38. The minimum atomic E-state index is -3.61.